The van der Waals surface area contributed by atoms with Crippen molar-refractivity contribution in [2.24, 2.45) is 0 Å². The van der Waals surface area contributed by atoms with Crippen LogP contribution in [0.4, 0.5) is 4.39 Å². The van der Waals surface area contributed by atoms with Crippen LogP contribution in [0.1, 0.15) is 32.6 Å². The van der Waals surface area contributed by atoms with Crippen LogP contribution in [0, 0.1) is 5.82 Å². The molecule has 6 heteroatoms. The topological polar surface area (TPSA) is 50.4 Å². The number of para-hydroxylation sites is 1. The van der Waals surface area contributed by atoms with E-state index in [9.17, 15) is 9.18 Å². The third kappa shape index (κ3) is 5.46. The van der Waals surface area contributed by atoms with Gasteiger partial charge in [0.2, 0.25) is 5.91 Å². The lowest BCUT2D eigenvalue weighted by molar-refractivity contribution is -0.124. The maximum Gasteiger partial charge on any atom is 0.237 e. The number of ether oxygens (including phenoxy) is 1. The zero-order valence-electron chi connectivity index (χ0n) is 12.8. The minimum Gasteiger partial charge on any atom is -0.486 e. The van der Waals surface area contributed by atoms with Gasteiger partial charge in [-0.15, -0.1) is 12.4 Å². The van der Waals surface area contributed by atoms with Crippen LogP contribution in [0.3, 0.4) is 0 Å². The Morgan fingerprint density at radius 3 is 2.86 bits per heavy atom. The van der Waals surface area contributed by atoms with Crippen molar-refractivity contribution in [3.05, 3.63) is 30.1 Å². The van der Waals surface area contributed by atoms with E-state index >= 15 is 0 Å². The van der Waals surface area contributed by atoms with Crippen molar-refractivity contribution in [1.29, 1.82) is 0 Å². The number of piperidine rings is 1. The van der Waals surface area contributed by atoms with Gasteiger partial charge in [0.25, 0.3) is 0 Å². The van der Waals surface area contributed by atoms with Crippen LogP contribution in [-0.2, 0) is 4.79 Å². The molecule has 0 aromatic heterocycles. The van der Waals surface area contributed by atoms with Crippen molar-refractivity contribution in [2.45, 2.75) is 44.8 Å². The van der Waals surface area contributed by atoms with Crippen molar-refractivity contribution in [2.75, 3.05) is 13.1 Å². The van der Waals surface area contributed by atoms with E-state index in [1.807, 2.05) is 6.92 Å². The molecule has 0 radical (unpaired) electrons. The number of rotatable bonds is 6. The average Bonchev–Trinajstić information content (AvgIpc) is 2.53. The largest absolute Gasteiger partial charge is 0.486 e. The second-order valence-electron chi connectivity index (χ2n) is 5.33. The highest BCUT2D eigenvalue weighted by molar-refractivity contribution is 5.85. The van der Waals surface area contributed by atoms with Crippen LogP contribution >= 0.6 is 12.4 Å². The Labute approximate surface area is 137 Å². The molecule has 2 atom stereocenters. The molecule has 1 fully saturated rings. The summed E-state index contributed by atoms with van der Waals surface area (Å²) in [7, 11) is 0. The number of nitrogens with one attached hydrogen (secondary N) is 2. The van der Waals surface area contributed by atoms with Gasteiger partial charge in [-0.1, -0.05) is 25.5 Å². The predicted octanol–water partition coefficient (Wildman–Crippen LogP) is 2.66. The smallest absolute Gasteiger partial charge is 0.237 e. The second-order valence-corrected chi connectivity index (χ2v) is 5.33. The number of carbonyl (C=O) groups excluding carboxylic acids is 1. The molecule has 4 nitrogen and oxygen atoms in total. The fourth-order valence-electron chi connectivity index (χ4n) is 2.40. The molecule has 0 bridgehead atoms. The third-order valence-corrected chi connectivity index (χ3v) is 3.72. The normalized spacial score (nSPS) is 18.9. The van der Waals surface area contributed by atoms with E-state index in [0.29, 0.717) is 13.0 Å². The summed E-state index contributed by atoms with van der Waals surface area (Å²) in [6.07, 6.45) is 3.55. The lowest BCUT2D eigenvalue weighted by Gasteiger charge is -2.24. The summed E-state index contributed by atoms with van der Waals surface area (Å²) in [4.78, 5) is 12.0. The van der Waals surface area contributed by atoms with Crippen LogP contribution in [0.5, 0.6) is 5.75 Å². The van der Waals surface area contributed by atoms with Gasteiger partial charge < -0.3 is 15.4 Å². The number of benzene rings is 1. The standard InChI is InChI=1S/C16H23FN2O2.ClH/c1-2-12(21-15-9-4-3-7-13(15)17)11-19-16(20)14-8-5-6-10-18-14;/h3-4,7,9,12,14,18H,2,5-6,8,10-11H2,1H3,(H,19,20);1H. The Morgan fingerprint density at radius 1 is 1.45 bits per heavy atom. The monoisotopic (exact) mass is 330 g/mol. The molecule has 1 aliphatic heterocycles. The summed E-state index contributed by atoms with van der Waals surface area (Å²) in [5, 5.41) is 6.10. The molecule has 1 saturated heterocycles. The first kappa shape index (κ1) is 18.7. The summed E-state index contributed by atoms with van der Waals surface area (Å²) in [6.45, 7) is 3.24. The van der Waals surface area contributed by atoms with Crippen LogP contribution in [0.25, 0.3) is 0 Å². The molecule has 124 valence electrons. The highest BCUT2D eigenvalue weighted by Gasteiger charge is 2.21. The molecule has 2 unspecified atom stereocenters. The molecule has 22 heavy (non-hydrogen) atoms. The fraction of sp³-hybridized carbons (Fsp3) is 0.562. The van der Waals surface area contributed by atoms with Crippen LogP contribution in [0.2, 0.25) is 0 Å². The van der Waals surface area contributed by atoms with Crippen molar-refractivity contribution in [1.82, 2.24) is 10.6 Å². The number of halogens is 2. The highest BCUT2D eigenvalue weighted by atomic mass is 35.5. The third-order valence-electron chi connectivity index (χ3n) is 3.72. The van der Waals surface area contributed by atoms with Gasteiger partial charge in [0.15, 0.2) is 11.6 Å². The van der Waals surface area contributed by atoms with Gasteiger partial charge in [0.1, 0.15) is 6.10 Å². The van der Waals surface area contributed by atoms with Crippen molar-refractivity contribution < 1.29 is 13.9 Å². The van der Waals surface area contributed by atoms with E-state index in [1.54, 1.807) is 18.2 Å². The average molecular weight is 331 g/mol. The number of amides is 1. The molecule has 0 saturated carbocycles. The molecule has 1 aliphatic rings. The Bertz CT molecular complexity index is 467. The summed E-state index contributed by atoms with van der Waals surface area (Å²) in [5.41, 5.74) is 0. The van der Waals surface area contributed by atoms with Crippen LogP contribution < -0.4 is 15.4 Å². The first-order valence-corrected chi connectivity index (χ1v) is 7.63. The first-order chi connectivity index (χ1) is 10.2. The molecular formula is C16H24ClFN2O2. The van der Waals surface area contributed by atoms with E-state index in [2.05, 4.69) is 10.6 Å². The van der Waals surface area contributed by atoms with E-state index in [0.717, 1.165) is 25.8 Å². The van der Waals surface area contributed by atoms with Crippen molar-refractivity contribution >= 4 is 18.3 Å². The van der Waals surface area contributed by atoms with Gasteiger partial charge in [-0.3, -0.25) is 4.79 Å². The molecule has 0 aliphatic carbocycles. The number of hydrogen-bond donors (Lipinski definition) is 2. The highest BCUT2D eigenvalue weighted by Crippen LogP contribution is 2.17. The Balaban J connectivity index is 0.00000242. The molecule has 1 heterocycles. The Morgan fingerprint density at radius 2 is 2.23 bits per heavy atom. The van der Waals surface area contributed by atoms with Gasteiger partial charge in [-0.25, -0.2) is 4.39 Å². The van der Waals surface area contributed by atoms with Gasteiger partial charge in [-0.2, -0.15) is 0 Å². The second kappa shape index (κ2) is 9.64. The SMILES string of the molecule is CCC(CNC(=O)C1CCCCN1)Oc1ccccc1F.Cl. The van der Waals surface area contributed by atoms with E-state index in [1.165, 1.54) is 6.07 Å². The van der Waals surface area contributed by atoms with Crippen LogP contribution in [-0.4, -0.2) is 31.1 Å². The minimum atomic E-state index is -0.378. The molecule has 1 aromatic rings. The zero-order chi connectivity index (χ0) is 15.1. The molecule has 1 aromatic carbocycles. The van der Waals surface area contributed by atoms with Crippen molar-refractivity contribution in [3.63, 3.8) is 0 Å². The van der Waals surface area contributed by atoms with Gasteiger partial charge in [0, 0.05) is 0 Å². The number of hydrogen-bond acceptors (Lipinski definition) is 3. The molecule has 0 spiro atoms. The maximum absolute atomic E-state index is 13.6. The fourth-order valence-corrected chi connectivity index (χ4v) is 2.40. The zero-order valence-corrected chi connectivity index (χ0v) is 13.6. The molecule has 2 N–H and O–H groups in total. The van der Waals surface area contributed by atoms with Crippen molar-refractivity contribution in [3.8, 4) is 5.75 Å². The minimum absolute atomic E-state index is 0. The molecular weight excluding hydrogens is 307 g/mol. The van der Waals surface area contributed by atoms with Gasteiger partial charge >= 0.3 is 0 Å². The lowest BCUT2D eigenvalue weighted by Crippen LogP contribution is -2.48. The summed E-state index contributed by atoms with van der Waals surface area (Å²) < 4.78 is 19.2. The van der Waals surface area contributed by atoms with E-state index < -0.39 is 0 Å². The molecule has 1 amide bonds. The summed E-state index contributed by atoms with van der Waals surface area (Å²) in [5.74, 6) is -0.143. The van der Waals surface area contributed by atoms with E-state index in [-0.39, 0.29) is 42.0 Å². The summed E-state index contributed by atoms with van der Waals surface area (Å²) in [6, 6.07) is 6.22. The molecule has 2 rings (SSSR count). The first-order valence-electron chi connectivity index (χ1n) is 7.63. The summed E-state index contributed by atoms with van der Waals surface area (Å²) >= 11 is 0. The van der Waals surface area contributed by atoms with E-state index in [4.69, 9.17) is 4.74 Å². The quantitative estimate of drug-likeness (QED) is 0.843. The number of carbonyl (C=O) groups is 1. The Hall–Kier alpha value is -1.33. The maximum atomic E-state index is 13.6. The van der Waals surface area contributed by atoms with Gasteiger partial charge in [-0.05, 0) is 37.9 Å². The lowest BCUT2D eigenvalue weighted by atomic mass is 10.0. The van der Waals surface area contributed by atoms with Gasteiger partial charge in [0.05, 0.1) is 12.6 Å². The predicted molar refractivity (Wildman–Crippen MR) is 87.0 cm³/mol. The Kier molecular flexibility index (Phi) is 8.20. The van der Waals surface area contributed by atoms with Crippen LogP contribution in [0.15, 0.2) is 24.3 Å².